The van der Waals surface area contributed by atoms with Gasteiger partial charge in [-0.1, -0.05) is 12.1 Å². The topological polar surface area (TPSA) is 117 Å². The molecule has 8 heteroatoms. The fourth-order valence-electron chi connectivity index (χ4n) is 3.33. The lowest BCUT2D eigenvalue weighted by molar-refractivity contribution is -0.141. The summed E-state index contributed by atoms with van der Waals surface area (Å²) in [7, 11) is 1.31. The summed E-state index contributed by atoms with van der Waals surface area (Å²) < 4.78 is 10.7. The Labute approximate surface area is 173 Å². The van der Waals surface area contributed by atoms with Gasteiger partial charge in [-0.05, 0) is 36.8 Å². The van der Waals surface area contributed by atoms with Crippen LogP contribution in [0.5, 0.6) is 0 Å². The van der Waals surface area contributed by atoms with E-state index in [0.29, 0.717) is 23.3 Å². The molecule has 2 aliphatic rings. The highest BCUT2D eigenvalue weighted by molar-refractivity contribution is 6.18. The fraction of sp³-hybridized carbons (Fsp3) is 0.273. The van der Waals surface area contributed by atoms with Crippen LogP contribution < -0.4 is 0 Å². The van der Waals surface area contributed by atoms with E-state index in [1.807, 2.05) is 12.1 Å². The number of rotatable bonds is 5. The first-order valence-corrected chi connectivity index (χ1v) is 9.27. The van der Waals surface area contributed by atoms with E-state index in [1.165, 1.54) is 7.11 Å². The van der Waals surface area contributed by atoms with Crippen molar-refractivity contribution in [1.82, 2.24) is 4.90 Å². The molecule has 1 atom stereocenters. The van der Waals surface area contributed by atoms with Gasteiger partial charge < -0.3 is 14.6 Å². The largest absolute Gasteiger partial charge is 0.486 e. The van der Waals surface area contributed by atoms with Crippen LogP contribution in [0.2, 0.25) is 0 Å². The number of β-amino-alcohol motifs (C(OH)–C–C–N with tert-alkyl or cyclic N) is 1. The molecule has 1 unspecified atom stereocenters. The number of carbonyl (C=O) groups excluding carboxylic acids is 3. The van der Waals surface area contributed by atoms with Gasteiger partial charge in [0, 0.05) is 17.6 Å². The molecule has 30 heavy (non-hydrogen) atoms. The highest BCUT2D eigenvalue weighted by Gasteiger charge is 2.36. The number of nitrogens with zero attached hydrogens (tertiary/aromatic N) is 2. The van der Waals surface area contributed by atoms with E-state index < -0.39 is 30.5 Å². The van der Waals surface area contributed by atoms with Crippen molar-refractivity contribution >= 4 is 23.5 Å². The van der Waals surface area contributed by atoms with Crippen molar-refractivity contribution in [2.45, 2.75) is 19.4 Å². The third-order valence-corrected chi connectivity index (χ3v) is 4.88. The Morgan fingerprint density at radius 3 is 2.83 bits per heavy atom. The number of aliphatic hydroxyl groups is 1. The summed E-state index contributed by atoms with van der Waals surface area (Å²) >= 11 is 0. The number of nitriles is 1. The third-order valence-electron chi connectivity index (χ3n) is 4.88. The maximum Gasteiger partial charge on any atom is 0.337 e. The average molecular weight is 408 g/mol. The van der Waals surface area contributed by atoms with Crippen molar-refractivity contribution in [2.75, 3.05) is 20.3 Å². The lowest BCUT2D eigenvalue weighted by atomic mass is 9.94. The Morgan fingerprint density at radius 2 is 2.17 bits per heavy atom. The number of amides is 2. The van der Waals surface area contributed by atoms with Gasteiger partial charge in [0.15, 0.2) is 0 Å². The van der Waals surface area contributed by atoms with E-state index in [2.05, 4.69) is 0 Å². The van der Waals surface area contributed by atoms with Crippen LogP contribution in [-0.2, 0) is 19.1 Å². The highest BCUT2D eigenvalue weighted by atomic mass is 16.5. The van der Waals surface area contributed by atoms with Crippen molar-refractivity contribution in [1.29, 1.82) is 5.26 Å². The maximum absolute atomic E-state index is 12.7. The van der Waals surface area contributed by atoms with Gasteiger partial charge in [0.2, 0.25) is 0 Å². The Bertz CT molecular complexity index is 1040. The molecule has 8 nitrogen and oxygen atoms in total. The third kappa shape index (κ3) is 3.88. The summed E-state index contributed by atoms with van der Waals surface area (Å²) in [5.74, 6) is -1.19. The number of imide groups is 1. The maximum atomic E-state index is 12.7. The van der Waals surface area contributed by atoms with Gasteiger partial charge >= 0.3 is 5.97 Å². The minimum Gasteiger partial charge on any atom is -0.486 e. The molecular formula is C22H20N2O6. The smallest absolute Gasteiger partial charge is 0.337 e. The molecule has 0 fully saturated rings. The summed E-state index contributed by atoms with van der Waals surface area (Å²) in [4.78, 5) is 37.7. The van der Waals surface area contributed by atoms with Crippen LogP contribution in [0.15, 0.2) is 53.1 Å². The standard InChI is InChI=1S/C22H20N2O6/c1-13-17(20(26)24(8-9-25)21(27)18(13)12-23)11-16-6-7-19(30-16)14-4-3-5-15(10-14)22(28)29-2/h3-5,7,10-11,16,25H,6,8-9H2,1-2H3/b17-11-. The number of carbonyl (C=O) groups is 3. The van der Waals surface area contributed by atoms with Crippen molar-refractivity contribution in [3.05, 3.63) is 64.3 Å². The van der Waals surface area contributed by atoms with E-state index in [0.717, 1.165) is 4.90 Å². The number of hydrogen-bond donors (Lipinski definition) is 1. The minimum absolute atomic E-state index is 0.133. The molecule has 1 N–H and O–H groups in total. The van der Waals surface area contributed by atoms with Crippen LogP contribution in [0, 0.1) is 11.3 Å². The van der Waals surface area contributed by atoms with Crippen LogP contribution in [0.3, 0.4) is 0 Å². The molecule has 0 bridgehead atoms. The molecule has 1 aromatic carbocycles. The van der Waals surface area contributed by atoms with Gasteiger partial charge in [-0.15, -0.1) is 0 Å². The Kier molecular flexibility index (Phi) is 6.14. The molecule has 2 aliphatic heterocycles. The Hall–Kier alpha value is -3.70. The first-order valence-electron chi connectivity index (χ1n) is 9.27. The summed E-state index contributed by atoms with van der Waals surface area (Å²) in [5, 5.41) is 18.5. The number of hydrogen-bond acceptors (Lipinski definition) is 7. The number of benzene rings is 1. The number of esters is 1. The van der Waals surface area contributed by atoms with Gasteiger partial charge in [-0.2, -0.15) is 5.26 Å². The number of aliphatic hydroxyl groups excluding tert-OH is 1. The lowest BCUT2D eigenvalue weighted by Gasteiger charge is -2.27. The van der Waals surface area contributed by atoms with E-state index in [-0.39, 0.29) is 23.3 Å². The summed E-state index contributed by atoms with van der Waals surface area (Å²) in [6.45, 7) is 0.951. The molecule has 154 valence electrons. The molecule has 2 amide bonds. The van der Waals surface area contributed by atoms with Gasteiger partial charge in [0.05, 0.1) is 25.8 Å². The molecule has 0 saturated carbocycles. The Morgan fingerprint density at radius 1 is 1.40 bits per heavy atom. The monoisotopic (exact) mass is 408 g/mol. The highest BCUT2D eigenvalue weighted by Crippen LogP contribution is 2.31. The van der Waals surface area contributed by atoms with Gasteiger partial charge in [0.25, 0.3) is 11.8 Å². The normalized spacial score (nSPS) is 20.2. The van der Waals surface area contributed by atoms with Crippen LogP contribution in [0.4, 0.5) is 0 Å². The second-order valence-corrected chi connectivity index (χ2v) is 6.71. The first-order chi connectivity index (χ1) is 14.4. The molecule has 0 aliphatic carbocycles. The SMILES string of the molecule is COC(=O)c1cccc(C2=CCC(/C=C3\C(=O)N(CCO)C(=O)C(C#N)=C3C)O2)c1. The summed E-state index contributed by atoms with van der Waals surface area (Å²) in [5.41, 5.74) is 1.43. The van der Waals surface area contributed by atoms with Crippen LogP contribution in [0.25, 0.3) is 5.76 Å². The average Bonchev–Trinajstić information content (AvgIpc) is 3.23. The first kappa shape index (κ1) is 21.0. The van der Waals surface area contributed by atoms with E-state index in [1.54, 1.807) is 37.3 Å². The Balaban J connectivity index is 1.86. The molecule has 2 heterocycles. The van der Waals surface area contributed by atoms with E-state index >= 15 is 0 Å². The van der Waals surface area contributed by atoms with Gasteiger partial charge in [-0.25, -0.2) is 4.79 Å². The lowest BCUT2D eigenvalue weighted by Crippen LogP contribution is -2.44. The molecule has 0 saturated heterocycles. The zero-order valence-electron chi connectivity index (χ0n) is 16.5. The predicted molar refractivity (Wildman–Crippen MR) is 105 cm³/mol. The fourth-order valence-corrected chi connectivity index (χ4v) is 3.33. The van der Waals surface area contributed by atoms with Crippen molar-refractivity contribution in [2.24, 2.45) is 0 Å². The second-order valence-electron chi connectivity index (χ2n) is 6.71. The van der Waals surface area contributed by atoms with Crippen LogP contribution in [-0.4, -0.2) is 54.2 Å². The van der Waals surface area contributed by atoms with E-state index in [4.69, 9.17) is 14.6 Å². The zero-order chi connectivity index (χ0) is 21.8. The van der Waals surface area contributed by atoms with E-state index in [9.17, 15) is 19.6 Å². The number of ether oxygens (including phenoxy) is 2. The van der Waals surface area contributed by atoms with Crippen LogP contribution in [0.1, 0.15) is 29.3 Å². The van der Waals surface area contributed by atoms with Gasteiger partial charge in [0.1, 0.15) is 23.5 Å². The molecule has 1 aromatic rings. The van der Waals surface area contributed by atoms with Crippen LogP contribution >= 0.6 is 0 Å². The molecular weight excluding hydrogens is 388 g/mol. The summed E-state index contributed by atoms with van der Waals surface area (Å²) in [6.07, 6.45) is 3.41. The molecule has 3 rings (SSSR count). The number of methoxy groups -OCH3 is 1. The van der Waals surface area contributed by atoms with Crippen molar-refractivity contribution < 1.29 is 29.0 Å². The van der Waals surface area contributed by atoms with Crippen molar-refractivity contribution in [3.63, 3.8) is 0 Å². The quantitative estimate of drug-likeness (QED) is 0.448. The predicted octanol–water partition coefficient (Wildman–Crippen LogP) is 1.73. The second kappa shape index (κ2) is 8.76. The molecule has 0 spiro atoms. The summed E-state index contributed by atoms with van der Waals surface area (Å²) in [6, 6.07) is 8.63. The zero-order valence-corrected chi connectivity index (χ0v) is 16.5. The van der Waals surface area contributed by atoms with Gasteiger partial charge in [-0.3, -0.25) is 14.5 Å². The van der Waals surface area contributed by atoms with Crippen molar-refractivity contribution in [3.8, 4) is 6.07 Å². The molecule has 0 radical (unpaired) electrons. The minimum atomic E-state index is -0.711. The molecule has 0 aromatic heterocycles.